The van der Waals surface area contributed by atoms with E-state index in [-0.39, 0.29) is 12.0 Å². The highest BCUT2D eigenvalue weighted by molar-refractivity contribution is 5.82. The molecule has 9 nitrogen and oxygen atoms in total. The molecule has 0 aromatic carbocycles. The molecule has 0 aliphatic rings. The van der Waals surface area contributed by atoms with E-state index in [1.165, 1.54) is 0 Å². The van der Waals surface area contributed by atoms with Crippen molar-refractivity contribution in [3.05, 3.63) is 30.1 Å². The standard InChI is InChI=1S/C14H19N9/c1-7(2)9(19-6-8-5-17-3-4-18-8)12-20-10-11(15)21-14(16)23-13(10)22-12/h3-5,7,9,19H,6H2,1-2H3,(H5,15,16,20,21,22,23). The molecule has 1 atom stereocenters. The second kappa shape index (κ2) is 6.13. The third-order valence-electron chi connectivity index (χ3n) is 3.50. The highest BCUT2D eigenvalue weighted by Crippen LogP contribution is 2.24. The van der Waals surface area contributed by atoms with Gasteiger partial charge < -0.3 is 21.8 Å². The minimum Gasteiger partial charge on any atom is -0.382 e. The summed E-state index contributed by atoms with van der Waals surface area (Å²) < 4.78 is 0. The quantitative estimate of drug-likeness (QED) is 0.541. The number of fused-ring (bicyclic) bond motifs is 1. The molecule has 0 amide bonds. The van der Waals surface area contributed by atoms with Gasteiger partial charge in [0.15, 0.2) is 11.5 Å². The van der Waals surface area contributed by atoms with Crippen molar-refractivity contribution in [3.8, 4) is 0 Å². The van der Waals surface area contributed by atoms with Gasteiger partial charge in [0.25, 0.3) is 0 Å². The van der Waals surface area contributed by atoms with Crippen LogP contribution in [-0.4, -0.2) is 29.9 Å². The summed E-state index contributed by atoms with van der Waals surface area (Å²) in [6.07, 6.45) is 5.05. The fourth-order valence-electron chi connectivity index (χ4n) is 2.39. The Morgan fingerprint density at radius 2 is 2.00 bits per heavy atom. The van der Waals surface area contributed by atoms with E-state index in [4.69, 9.17) is 11.5 Å². The average Bonchev–Trinajstić information content (AvgIpc) is 2.92. The second-order valence-corrected chi connectivity index (χ2v) is 5.59. The monoisotopic (exact) mass is 313 g/mol. The molecular weight excluding hydrogens is 294 g/mol. The van der Waals surface area contributed by atoms with Crippen LogP contribution in [0.5, 0.6) is 0 Å². The number of nitrogen functional groups attached to an aromatic ring is 2. The van der Waals surface area contributed by atoms with Gasteiger partial charge in [-0.2, -0.15) is 9.97 Å². The molecule has 3 heterocycles. The van der Waals surface area contributed by atoms with Gasteiger partial charge in [0.2, 0.25) is 5.95 Å². The number of aromatic amines is 1. The minimum atomic E-state index is -0.0215. The minimum absolute atomic E-state index is 0.0215. The van der Waals surface area contributed by atoms with Crippen LogP contribution in [0.4, 0.5) is 11.8 Å². The van der Waals surface area contributed by atoms with Crippen molar-refractivity contribution in [3.63, 3.8) is 0 Å². The van der Waals surface area contributed by atoms with Gasteiger partial charge in [-0.15, -0.1) is 0 Å². The number of hydrogen-bond donors (Lipinski definition) is 4. The zero-order valence-electron chi connectivity index (χ0n) is 13.0. The molecular formula is C14H19N9. The highest BCUT2D eigenvalue weighted by atomic mass is 15.1. The smallest absolute Gasteiger partial charge is 0.224 e. The van der Waals surface area contributed by atoms with Crippen LogP contribution >= 0.6 is 0 Å². The number of aromatic nitrogens is 6. The largest absolute Gasteiger partial charge is 0.382 e. The molecule has 0 bridgehead atoms. The maximum atomic E-state index is 5.87. The van der Waals surface area contributed by atoms with Crippen molar-refractivity contribution >= 4 is 22.9 Å². The van der Waals surface area contributed by atoms with E-state index >= 15 is 0 Å². The normalized spacial score (nSPS) is 12.8. The van der Waals surface area contributed by atoms with E-state index in [0.29, 0.717) is 29.4 Å². The van der Waals surface area contributed by atoms with Crippen LogP contribution in [0.1, 0.15) is 31.4 Å². The predicted octanol–water partition coefficient (Wildman–Crippen LogP) is 0.794. The molecule has 0 saturated carbocycles. The van der Waals surface area contributed by atoms with Crippen molar-refractivity contribution in [2.75, 3.05) is 11.5 Å². The van der Waals surface area contributed by atoms with Gasteiger partial charge in [-0.05, 0) is 5.92 Å². The second-order valence-electron chi connectivity index (χ2n) is 5.59. The number of hydrogen-bond acceptors (Lipinski definition) is 8. The number of H-pyrrole nitrogens is 1. The van der Waals surface area contributed by atoms with E-state index in [2.05, 4.69) is 49.1 Å². The van der Waals surface area contributed by atoms with Crippen LogP contribution in [0.25, 0.3) is 11.2 Å². The fourth-order valence-corrected chi connectivity index (χ4v) is 2.39. The fraction of sp³-hybridized carbons (Fsp3) is 0.357. The van der Waals surface area contributed by atoms with Crippen LogP contribution < -0.4 is 16.8 Å². The van der Waals surface area contributed by atoms with Gasteiger partial charge in [0.1, 0.15) is 11.3 Å². The van der Waals surface area contributed by atoms with Gasteiger partial charge in [0.05, 0.1) is 11.7 Å². The average molecular weight is 313 g/mol. The molecule has 0 saturated heterocycles. The summed E-state index contributed by atoms with van der Waals surface area (Å²) in [6.45, 7) is 4.78. The Morgan fingerprint density at radius 1 is 1.17 bits per heavy atom. The van der Waals surface area contributed by atoms with Crippen molar-refractivity contribution in [2.45, 2.75) is 26.4 Å². The number of nitrogens with two attached hydrogens (primary N) is 2. The zero-order chi connectivity index (χ0) is 16.4. The zero-order valence-corrected chi connectivity index (χ0v) is 13.0. The Morgan fingerprint density at radius 3 is 2.70 bits per heavy atom. The van der Waals surface area contributed by atoms with Crippen LogP contribution in [-0.2, 0) is 6.54 Å². The lowest BCUT2D eigenvalue weighted by atomic mass is 10.0. The Labute approximate surface area is 133 Å². The van der Waals surface area contributed by atoms with E-state index in [9.17, 15) is 0 Å². The lowest BCUT2D eigenvalue weighted by Gasteiger charge is -2.20. The van der Waals surface area contributed by atoms with Gasteiger partial charge in [-0.1, -0.05) is 13.8 Å². The first kappa shape index (κ1) is 15.1. The molecule has 3 aromatic heterocycles. The Bertz CT molecular complexity index is 797. The van der Waals surface area contributed by atoms with Gasteiger partial charge in [0, 0.05) is 25.1 Å². The maximum absolute atomic E-state index is 5.87. The molecule has 0 radical (unpaired) electrons. The van der Waals surface area contributed by atoms with Crippen molar-refractivity contribution < 1.29 is 0 Å². The molecule has 0 fully saturated rings. The Kier molecular flexibility index (Phi) is 4.02. The van der Waals surface area contributed by atoms with E-state index in [0.717, 1.165) is 11.5 Å². The number of nitrogens with zero attached hydrogens (tertiary/aromatic N) is 5. The third-order valence-corrected chi connectivity index (χ3v) is 3.50. The number of imidazole rings is 1. The maximum Gasteiger partial charge on any atom is 0.224 e. The van der Waals surface area contributed by atoms with E-state index in [1.54, 1.807) is 18.6 Å². The Balaban J connectivity index is 1.87. The first-order chi connectivity index (χ1) is 11.0. The molecule has 6 N–H and O–H groups in total. The summed E-state index contributed by atoms with van der Waals surface area (Å²) in [7, 11) is 0. The molecule has 23 heavy (non-hydrogen) atoms. The van der Waals surface area contributed by atoms with Crippen molar-refractivity contribution in [1.29, 1.82) is 0 Å². The van der Waals surface area contributed by atoms with E-state index < -0.39 is 0 Å². The van der Waals surface area contributed by atoms with Crippen LogP contribution in [0.15, 0.2) is 18.6 Å². The molecule has 120 valence electrons. The van der Waals surface area contributed by atoms with Gasteiger partial charge in [-0.3, -0.25) is 9.97 Å². The topological polar surface area (TPSA) is 144 Å². The van der Waals surface area contributed by atoms with Crippen LogP contribution in [0, 0.1) is 5.92 Å². The SMILES string of the molecule is CC(C)C(NCc1cnccn1)c1nc2nc(N)nc(N)c2[nH]1. The first-order valence-corrected chi connectivity index (χ1v) is 7.31. The third kappa shape index (κ3) is 3.19. The number of nitrogens with one attached hydrogen (secondary N) is 2. The summed E-state index contributed by atoms with van der Waals surface area (Å²) in [5.41, 5.74) is 13.4. The lowest BCUT2D eigenvalue weighted by molar-refractivity contribution is 0.393. The molecule has 9 heteroatoms. The van der Waals surface area contributed by atoms with Gasteiger partial charge >= 0.3 is 0 Å². The van der Waals surface area contributed by atoms with Crippen molar-refractivity contribution in [1.82, 2.24) is 35.2 Å². The van der Waals surface area contributed by atoms with Crippen molar-refractivity contribution in [2.24, 2.45) is 5.92 Å². The predicted molar refractivity (Wildman–Crippen MR) is 87.0 cm³/mol. The molecule has 0 aliphatic carbocycles. The lowest BCUT2D eigenvalue weighted by Crippen LogP contribution is -2.26. The Hall–Kier alpha value is -2.81. The summed E-state index contributed by atoms with van der Waals surface area (Å²) >= 11 is 0. The molecule has 3 rings (SSSR count). The highest BCUT2D eigenvalue weighted by Gasteiger charge is 2.21. The molecule has 0 aliphatic heterocycles. The summed E-state index contributed by atoms with van der Waals surface area (Å²) in [6, 6.07) is -0.0215. The number of anilines is 2. The summed E-state index contributed by atoms with van der Waals surface area (Å²) in [5.74, 6) is 1.44. The van der Waals surface area contributed by atoms with Crippen LogP contribution in [0.2, 0.25) is 0 Å². The first-order valence-electron chi connectivity index (χ1n) is 7.31. The number of rotatable bonds is 5. The molecule has 1 unspecified atom stereocenters. The summed E-state index contributed by atoms with van der Waals surface area (Å²) in [4.78, 5) is 24.1. The molecule has 0 spiro atoms. The van der Waals surface area contributed by atoms with Gasteiger partial charge in [-0.25, -0.2) is 4.98 Å². The molecule has 3 aromatic rings. The van der Waals surface area contributed by atoms with E-state index in [1.807, 2.05) is 0 Å². The summed E-state index contributed by atoms with van der Waals surface area (Å²) in [5, 5.41) is 3.43. The van der Waals surface area contributed by atoms with Crippen LogP contribution in [0.3, 0.4) is 0 Å².